The van der Waals surface area contributed by atoms with Crippen LogP contribution in [-0.4, -0.2) is 25.9 Å². The summed E-state index contributed by atoms with van der Waals surface area (Å²) in [6.07, 6.45) is 0. The number of thiocarbonyl (C=S) groups is 1. The van der Waals surface area contributed by atoms with Crippen molar-refractivity contribution in [2.45, 2.75) is 17.8 Å². The lowest BCUT2D eigenvalue weighted by Crippen LogP contribution is -2.38. The van der Waals surface area contributed by atoms with E-state index in [1.165, 1.54) is 23.9 Å². The Morgan fingerprint density at radius 1 is 1.18 bits per heavy atom. The van der Waals surface area contributed by atoms with E-state index in [0.717, 1.165) is 11.3 Å². The van der Waals surface area contributed by atoms with Gasteiger partial charge in [0.15, 0.2) is 5.11 Å². The molecule has 0 aliphatic heterocycles. The maximum absolute atomic E-state index is 12.4. The van der Waals surface area contributed by atoms with Crippen molar-refractivity contribution >= 4 is 58.2 Å². The number of nitrogens with one attached hydrogen (secondary N) is 2. The van der Waals surface area contributed by atoms with Crippen LogP contribution in [-0.2, 0) is 5.75 Å². The largest absolute Gasteiger partial charge is 0.298 e. The smallest absolute Gasteiger partial charge is 0.258 e. The Bertz CT molecular complexity index is 1010. The summed E-state index contributed by atoms with van der Waals surface area (Å²) in [5.41, 5.74) is 4.36. The van der Waals surface area contributed by atoms with Crippen molar-refractivity contribution in [2.24, 2.45) is 0 Å². The van der Waals surface area contributed by atoms with Gasteiger partial charge in [0.05, 0.1) is 10.6 Å². The molecule has 6 nitrogen and oxygen atoms in total. The summed E-state index contributed by atoms with van der Waals surface area (Å²) in [7, 11) is 0. The van der Waals surface area contributed by atoms with Gasteiger partial charge in [0.1, 0.15) is 5.82 Å². The topological polar surface area (TPSA) is 71.8 Å². The molecule has 0 saturated heterocycles. The first-order chi connectivity index (χ1) is 13.4. The van der Waals surface area contributed by atoms with Crippen LogP contribution in [0.1, 0.15) is 21.7 Å². The Morgan fingerprint density at radius 2 is 1.93 bits per heavy atom. The van der Waals surface area contributed by atoms with Gasteiger partial charge in [0.2, 0.25) is 5.16 Å². The molecule has 0 fully saturated rings. The highest BCUT2D eigenvalue weighted by Gasteiger charge is 2.15. The average molecular weight is 452 g/mol. The van der Waals surface area contributed by atoms with Crippen molar-refractivity contribution in [1.82, 2.24) is 20.2 Å². The summed E-state index contributed by atoms with van der Waals surface area (Å²) in [4.78, 5) is 12.4. The zero-order valence-electron chi connectivity index (χ0n) is 14.6. The molecule has 0 atom stereocenters. The minimum Gasteiger partial charge on any atom is -0.298 e. The number of carbonyl (C=O) groups excluding carboxylic acids is 1. The number of benzene rings is 2. The highest BCUT2D eigenvalue weighted by atomic mass is 35.5. The van der Waals surface area contributed by atoms with Crippen LogP contribution in [0.3, 0.4) is 0 Å². The monoisotopic (exact) mass is 451 g/mol. The lowest BCUT2D eigenvalue weighted by Gasteiger charge is -2.13. The van der Waals surface area contributed by atoms with Crippen molar-refractivity contribution in [1.29, 1.82) is 0 Å². The van der Waals surface area contributed by atoms with Gasteiger partial charge in [0.25, 0.3) is 5.91 Å². The van der Waals surface area contributed by atoms with Crippen LogP contribution >= 0.6 is 47.2 Å². The van der Waals surface area contributed by atoms with Gasteiger partial charge in [-0.15, -0.1) is 10.2 Å². The lowest BCUT2D eigenvalue weighted by molar-refractivity contribution is 0.0977. The van der Waals surface area contributed by atoms with Gasteiger partial charge in [-0.05, 0) is 42.9 Å². The Hall–Kier alpha value is -2.13. The van der Waals surface area contributed by atoms with Crippen molar-refractivity contribution in [3.05, 3.63) is 75.5 Å². The molecule has 1 heterocycles. The summed E-state index contributed by atoms with van der Waals surface area (Å²) >= 11 is 18.7. The van der Waals surface area contributed by atoms with E-state index in [4.69, 9.17) is 35.4 Å². The van der Waals surface area contributed by atoms with Gasteiger partial charge in [0, 0.05) is 10.8 Å². The number of amides is 1. The predicted octanol–water partition coefficient (Wildman–Crippen LogP) is 4.44. The minimum atomic E-state index is -0.441. The minimum absolute atomic E-state index is 0.0977. The second-order valence-electron chi connectivity index (χ2n) is 5.66. The average Bonchev–Trinajstić information content (AvgIpc) is 3.00. The standard InChI is InChI=1S/C18H15Cl2N5OS2/c1-11-22-23-18(28-10-12-5-3-2-4-6-12)25(11)24-17(27)21-16(26)14-8-7-13(19)9-15(14)20/h2-9H,10H2,1H3,(H2,21,24,26,27). The first kappa shape index (κ1) is 20.6. The van der Waals surface area contributed by atoms with Crippen LogP contribution in [0.2, 0.25) is 10.0 Å². The number of thioether (sulfide) groups is 1. The molecule has 0 aliphatic carbocycles. The van der Waals surface area contributed by atoms with Crippen molar-refractivity contribution in [3.63, 3.8) is 0 Å². The molecular weight excluding hydrogens is 437 g/mol. The second kappa shape index (κ2) is 9.38. The highest BCUT2D eigenvalue weighted by molar-refractivity contribution is 7.98. The molecule has 3 aromatic rings. The highest BCUT2D eigenvalue weighted by Crippen LogP contribution is 2.22. The number of halogens is 2. The van der Waals surface area contributed by atoms with Gasteiger partial charge < -0.3 is 0 Å². The number of carbonyl (C=O) groups is 1. The van der Waals surface area contributed by atoms with Gasteiger partial charge >= 0.3 is 0 Å². The van der Waals surface area contributed by atoms with Crippen LogP contribution in [0.25, 0.3) is 0 Å². The van der Waals surface area contributed by atoms with E-state index in [1.54, 1.807) is 17.7 Å². The first-order valence-electron chi connectivity index (χ1n) is 8.10. The van der Waals surface area contributed by atoms with E-state index < -0.39 is 5.91 Å². The number of hydrogen-bond acceptors (Lipinski definition) is 5. The Kier molecular flexibility index (Phi) is 6.90. The molecule has 0 saturated carbocycles. The predicted molar refractivity (Wildman–Crippen MR) is 117 cm³/mol. The van der Waals surface area contributed by atoms with Gasteiger partial charge in [-0.25, -0.2) is 4.68 Å². The number of aromatic nitrogens is 3. The molecule has 1 amide bonds. The fourth-order valence-corrected chi connectivity index (χ4v) is 3.83. The van der Waals surface area contributed by atoms with Crippen LogP contribution in [0.5, 0.6) is 0 Å². The third-order valence-corrected chi connectivity index (χ3v) is 5.36. The Labute approximate surface area is 181 Å². The summed E-state index contributed by atoms with van der Waals surface area (Å²) < 4.78 is 1.62. The van der Waals surface area contributed by atoms with Crippen LogP contribution < -0.4 is 10.7 Å². The van der Waals surface area contributed by atoms with E-state index in [1.807, 2.05) is 30.3 Å². The van der Waals surface area contributed by atoms with Crippen LogP contribution in [0, 0.1) is 6.92 Å². The zero-order valence-corrected chi connectivity index (χ0v) is 17.8. The number of rotatable bonds is 5. The van der Waals surface area contributed by atoms with E-state index >= 15 is 0 Å². The van der Waals surface area contributed by atoms with E-state index in [2.05, 4.69) is 20.9 Å². The van der Waals surface area contributed by atoms with E-state index in [0.29, 0.717) is 16.0 Å². The lowest BCUT2D eigenvalue weighted by atomic mass is 10.2. The summed E-state index contributed by atoms with van der Waals surface area (Å²) in [6, 6.07) is 14.6. The molecule has 144 valence electrons. The third kappa shape index (κ3) is 5.23. The molecule has 10 heteroatoms. The number of nitrogens with zero attached hydrogens (tertiary/aromatic N) is 3. The molecule has 0 radical (unpaired) electrons. The normalized spacial score (nSPS) is 10.5. The maximum atomic E-state index is 12.4. The first-order valence-corrected chi connectivity index (χ1v) is 10.2. The molecule has 0 bridgehead atoms. The molecule has 2 aromatic carbocycles. The molecule has 3 rings (SSSR count). The van der Waals surface area contributed by atoms with Crippen molar-refractivity contribution < 1.29 is 4.79 Å². The summed E-state index contributed by atoms with van der Waals surface area (Å²) in [5.74, 6) is 0.889. The van der Waals surface area contributed by atoms with Crippen LogP contribution in [0.15, 0.2) is 53.7 Å². The van der Waals surface area contributed by atoms with E-state index in [9.17, 15) is 4.79 Å². The summed E-state index contributed by atoms with van der Waals surface area (Å²) in [5, 5.41) is 12.2. The molecule has 2 N–H and O–H groups in total. The second-order valence-corrected chi connectivity index (χ2v) is 7.85. The van der Waals surface area contributed by atoms with E-state index in [-0.39, 0.29) is 15.7 Å². The summed E-state index contributed by atoms with van der Waals surface area (Å²) in [6.45, 7) is 1.78. The number of hydrogen-bond donors (Lipinski definition) is 2. The van der Waals surface area contributed by atoms with Gasteiger partial charge in [-0.3, -0.25) is 15.5 Å². The Morgan fingerprint density at radius 3 is 2.64 bits per heavy atom. The van der Waals surface area contributed by atoms with Crippen molar-refractivity contribution in [3.8, 4) is 0 Å². The molecule has 28 heavy (non-hydrogen) atoms. The molecule has 0 spiro atoms. The Balaban J connectivity index is 1.65. The molecule has 0 aliphatic rings. The maximum Gasteiger partial charge on any atom is 0.258 e. The van der Waals surface area contributed by atoms with Crippen molar-refractivity contribution in [2.75, 3.05) is 5.43 Å². The zero-order chi connectivity index (χ0) is 20.1. The van der Waals surface area contributed by atoms with Crippen LogP contribution in [0.4, 0.5) is 0 Å². The fraction of sp³-hybridized carbons (Fsp3) is 0.111. The quantitative estimate of drug-likeness (QED) is 0.441. The molecular formula is C18H15Cl2N5OS2. The van der Waals surface area contributed by atoms with Gasteiger partial charge in [-0.1, -0.05) is 65.3 Å². The SMILES string of the molecule is Cc1nnc(SCc2ccccc2)n1NC(=S)NC(=O)c1ccc(Cl)cc1Cl. The molecule has 0 unspecified atom stereocenters. The number of aryl methyl sites for hydroxylation is 1. The fourth-order valence-electron chi connectivity index (χ4n) is 2.26. The van der Waals surface area contributed by atoms with Gasteiger partial charge in [-0.2, -0.15) is 0 Å². The molecule has 1 aromatic heterocycles. The third-order valence-electron chi connectivity index (χ3n) is 3.62.